The zero-order valence-corrected chi connectivity index (χ0v) is 13.5. The average molecular weight is 317 g/mol. The monoisotopic (exact) mass is 317 g/mol. The van der Waals surface area contributed by atoms with E-state index in [1.54, 1.807) is 31.6 Å². The van der Waals surface area contributed by atoms with Crippen LogP contribution in [-0.2, 0) is 9.53 Å². The van der Waals surface area contributed by atoms with Gasteiger partial charge < -0.3 is 14.5 Å². The van der Waals surface area contributed by atoms with Crippen molar-refractivity contribution in [1.29, 1.82) is 0 Å². The minimum absolute atomic E-state index is 0.0314. The Bertz CT molecular complexity index is 568. The fourth-order valence-electron chi connectivity index (χ4n) is 3.59. The van der Waals surface area contributed by atoms with E-state index in [-0.39, 0.29) is 17.2 Å². The van der Waals surface area contributed by atoms with Gasteiger partial charge >= 0.3 is 0 Å². The average Bonchev–Trinajstić information content (AvgIpc) is 2.90. The molecule has 0 N–H and O–H groups in total. The van der Waals surface area contributed by atoms with Crippen molar-refractivity contribution in [3.63, 3.8) is 0 Å². The summed E-state index contributed by atoms with van der Waals surface area (Å²) in [5.41, 5.74) is 0.401. The maximum absolute atomic E-state index is 12.7. The Labute approximate surface area is 136 Å². The predicted molar refractivity (Wildman–Crippen MR) is 84.9 cm³/mol. The number of piperidine rings is 1. The van der Waals surface area contributed by atoms with Crippen LogP contribution >= 0.6 is 0 Å². The van der Waals surface area contributed by atoms with Gasteiger partial charge in [0.25, 0.3) is 5.91 Å². The summed E-state index contributed by atoms with van der Waals surface area (Å²) in [4.78, 5) is 32.9. The van der Waals surface area contributed by atoms with E-state index < -0.39 is 0 Å². The van der Waals surface area contributed by atoms with Crippen LogP contribution in [0.5, 0.6) is 0 Å². The van der Waals surface area contributed by atoms with E-state index in [0.717, 1.165) is 25.8 Å². The van der Waals surface area contributed by atoms with Gasteiger partial charge in [0.2, 0.25) is 5.91 Å². The third-order valence-electron chi connectivity index (χ3n) is 5.10. The zero-order chi connectivity index (χ0) is 16.3. The van der Waals surface area contributed by atoms with E-state index in [2.05, 4.69) is 4.98 Å². The third kappa shape index (κ3) is 3.08. The van der Waals surface area contributed by atoms with Gasteiger partial charge in [0.1, 0.15) is 0 Å². The van der Waals surface area contributed by atoms with Gasteiger partial charge in [0.15, 0.2) is 0 Å². The number of pyridine rings is 1. The molecule has 3 heterocycles. The highest BCUT2D eigenvalue weighted by Gasteiger charge is 2.48. The summed E-state index contributed by atoms with van der Waals surface area (Å²) >= 11 is 0. The number of methoxy groups -OCH3 is 1. The van der Waals surface area contributed by atoms with Crippen LogP contribution in [0.15, 0.2) is 24.5 Å². The van der Waals surface area contributed by atoms with Gasteiger partial charge in [0.05, 0.1) is 12.0 Å². The first-order valence-electron chi connectivity index (χ1n) is 8.14. The van der Waals surface area contributed by atoms with E-state index in [1.165, 1.54) is 0 Å². The molecule has 0 saturated carbocycles. The Kier molecular flexibility index (Phi) is 4.61. The molecular weight excluding hydrogens is 294 g/mol. The first-order valence-corrected chi connectivity index (χ1v) is 8.14. The Hall–Kier alpha value is -1.95. The van der Waals surface area contributed by atoms with E-state index in [1.807, 2.05) is 9.80 Å². The van der Waals surface area contributed by atoms with Gasteiger partial charge in [0, 0.05) is 51.2 Å². The van der Waals surface area contributed by atoms with E-state index in [4.69, 9.17) is 4.74 Å². The van der Waals surface area contributed by atoms with Crippen LogP contribution in [0, 0.1) is 5.41 Å². The van der Waals surface area contributed by atoms with Crippen LogP contribution in [-0.4, -0.2) is 66.5 Å². The van der Waals surface area contributed by atoms with Crippen molar-refractivity contribution in [2.24, 2.45) is 5.41 Å². The molecule has 2 aliphatic heterocycles. The molecule has 2 aliphatic rings. The fraction of sp³-hybridized carbons (Fsp3) is 0.588. The number of nitrogens with zero attached hydrogens (tertiary/aromatic N) is 3. The second-order valence-electron chi connectivity index (χ2n) is 6.34. The lowest BCUT2D eigenvalue weighted by atomic mass is 9.77. The fourth-order valence-corrected chi connectivity index (χ4v) is 3.59. The van der Waals surface area contributed by atoms with Crippen LogP contribution in [0.25, 0.3) is 0 Å². The molecule has 0 bridgehead atoms. The lowest BCUT2D eigenvalue weighted by Crippen LogP contribution is -2.47. The smallest absolute Gasteiger partial charge is 0.253 e. The number of rotatable bonds is 4. The Morgan fingerprint density at radius 3 is 2.52 bits per heavy atom. The van der Waals surface area contributed by atoms with E-state index in [9.17, 15) is 9.59 Å². The first-order chi connectivity index (χ1) is 11.2. The number of carbonyl (C=O) groups excluding carboxylic acids is 2. The minimum atomic E-state index is -0.261. The zero-order valence-electron chi connectivity index (χ0n) is 13.5. The number of aromatic nitrogens is 1. The van der Waals surface area contributed by atoms with Crippen molar-refractivity contribution in [3.8, 4) is 0 Å². The van der Waals surface area contributed by atoms with Gasteiger partial charge in [-0.1, -0.05) is 0 Å². The number of hydrogen-bond acceptors (Lipinski definition) is 4. The first kappa shape index (κ1) is 15.9. The van der Waals surface area contributed by atoms with Crippen LogP contribution in [0.3, 0.4) is 0 Å². The molecule has 0 aromatic carbocycles. The van der Waals surface area contributed by atoms with Crippen molar-refractivity contribution in [1.82, 2.24) is 14.8 Å². The third-order valence-corrected chi connectivity index (χ3v) is 5.10. The van der Waals surface area contributed by atoms with Gasteiger partial charge in [-0.15, -0.1) is 0 Å². The number of hydrogen-bond donors (Lipinski definition) is 0. The van der Waals surface area contributed by atoms with E-state index in [0.29, 0.717) is 31.8 Å². The summed E-state index contributed by atoms with van der Waals surface area (Å²) in [6.07, 6.45) is 5.67. The summed E-state index contributed by atoms with van der Waals surface area (Å²) in [6, 6.07) is 3.47. The molecule has 6 nitrogen and oxygen atoms in total. The second kappa shape index (κ2) is 6.66. The van der Waals surface area contributed by atoms with Gasteiger partial charge in [-0.3, -0.25) is 14.6 Å². The standard InChI is InChI=1S/C17H23N3O3/c1-23-13-12-20-11-6-17(16(20)22)4-9-19(10-5-17)15(21)14-2-7-18-8-3-14/h2-3,7-8H,4-6,9-13H2,1H3. The van der Waals surface area contributed by atoms with Crippen molar-refractivity contribution >= 4 is 11.8 Å². The maximum atomic E-state index is 12.7. The summed E-state index contributed by atoms with van der Waals surface area (Å²) < 4.78 is 5.07. The summed E-state index contributed by atoms with van der Waals surface area (Å²) in [6.45, 7) is 3.34. The molecule has 1 aromatic heterocycles. The summed E-state index contributed by atoms with van der Waals surface area (Å²) in [5.74, 6) is 0.273. The molecule has 1 spiro atoms. The number of carbonyl (C=O) groups is 2. The second-order valence-corrected chi connectivity index (χ2v) is 6.34. The molecule has 23 heavy (non-hydrogen) atoms. The van der Waals surface area contributed by atoms with Crippen LogP contribution < -0.4 is 0 Å². The quantitative estimate of drug-likeness (QED) is 0.837. The van der Waals surface area contributed by atoms with Crippen LogP contribution in [0.1, 0.15) is 29.6 Å². The highest BCUT2D eigenvalue weighted by Crippen LogP contribution is 2.41. The molecule has 2 amide bonds. The Balaban J connectivity index is 1.60. The van der Waals surface area contributed by atoms with Crippen molar-refractivity contribution in [3.05, 3.63) is 30.1 Å². The molecule has 0 unspecified atom stereocenters. The molecule has 6 heteroatoms. The predicted octanol–water partition coefficient (Wildman–Crippen LogP) is 1.18. The molecule has 0 aliphatic carbocycles. The topological polar surface area (TPSA) is 62.7 Å². The maximum Gasteiger partial charge on any atom is 0.253 e. The largest absolute Gasteiger partial charge is 0.383 e. The lowest BCUT2D eigenvalue weighted by Gasteiger charge is -2.38. The summed E-state index contributed by atoms with van der Waals surface area (Å²) in [7, 11) is 1.65. The lowest BCUT2D eigenvalue weighted by molar-refractivity contribution is -0.138. The van der Waals surface area contributed by atoms with Crippen molar-refractivity contribution < 1.29 is 14.3 Å². The Morgan fingerprint density at radius 1 is 1.22 bits per heavy atom. The summed E-state index contributed by atoms with van der Waals surface area (Å²) in [5, 5.41) is 0. The molecule has 2 fully saturated rings. The molecular formula is C17H23N3O3. The molecule has 0 radical (unpaired) electrons. The minimum Gasteiger partial charge on any atom is -0.383 e. The van der Waals surface area contributed by atoms with Crippen molar-refractivity contribution in [2.45, 2.75) is 19.3 Å². The molecule has 0 atom stereocenters. The highest BCUT2D eigenvalue weighted by molar-refractivity contribution is 5.94. The normalized spacial score (nSPS) is 20.3. The number of ether oxygens (including phenoxy) is 1. The molecule has 1 aromatic rings. The highest BCUT2D eigenvalue weighted by atomic mass is 16.5. The number of likely N-dealkylation sites (tertiary alicyclic amines) is 2. The molecule has 3 rings (SSSR count). The van der Waals surface area contributed by atoms with Gasteiger partial charge in [-0.05, 0) is 31.4 Å². The van der Waals surface area contributed by atoms with Crippen LogP contribution in [0.2, 0.25) is 0 Å². The van der Waals surface area contributed by atoms with Crippen LogP contribution in [0.4, 0.5) is 0 Å². The Morgan fingerprint density at radius 2 is 1.87 bits per heavy atom. The van der Waals surface area contributed by atoms with E-state index >= 15 is 0 Å². The molecule has 124 valence electrons. The van der Waals surface area contributed by atoms with Gasteiger partial charge in [-0.2, -0.15) is 0 Å². The van der Waals surface area contributed by atoms with Crippen molar-refractivity contribution in [2.75, 3.05) is 39.9 Å². The number of amides is 2. The molecule has 2 saturated heterocycles. The SMILES string of the molecule is COCCN1CCC2(CCN(C(=O)c3ccncc3)CC2)C1=O. The van der Waals surface area contributed by atoms with Gasteiger partial charge in [-0.25, -0.2) is 0 Å².